The quantitative estimate of drug-likeness (QED) is 0.537. The zero-order valence-electron chi connectivity index (χ0n) is 10.4. The van der Waals surface area contributed by atoms with E-state index < -0.39 is 47.9 Å². The van der Waals surface area contributed by atoms with Crippen molar-refractivity contribution in [3.05, 3.63) is 24.3 Å². The number of hydrogen-bond acceptors (Lipinski definition) is 6. The Balaban J connectivity index is 1.90. The van der Waals surface area contributed by atoms with Crippen LogP contribution in [-0.2, 0) is 28.8 Å². The van der Waals surface area contributed by atoms with E-state index in [1.807, 2.05) is 0 Å². The monoisotopic (exact) mass is 289 g/mol. The zero-order valence-corrected chi connectivity index (χ0v) is 10.4. The van der Waals surface area contributed by atoms with E-state index >= 15 is 0 Å². The number of rotatable bonds is 2. The van der Waals surface area contributed by atoms with E-state index in [1.165, 1.54) is 0 Å². The Morgan fingerprint density at radius 2 is 1.19 bits per heavy atom. The van der Waals surface area contributed by atoms with Crippen molar-refractivity contribution in [2.45, 2.75) is 12.5 Å². The first-order valence-corrected chi connectivity index (χ1v) is 5.90. The van der Waals surface area contributed by atoms with Crippen LogP contribution >= 0.6 is 0 Å². The van der Waals surface area contributed by atoms with E-state index in [4.69, 9.17) is 0 Å². The van der Waals surface area contributed by atoms with E-state index in [0.29, 0.717) is 14.9 Å². The SMILES string of the molecule is O=C1C=CC(=O)N1C1CC(=O)N(N2C(=O)C=CC2=O)C1=O. The lowest BCUT2D eigenvalue weighted by Crippen LogP contribution is -2.52. The molecule has 0 aliphatic carbocycles. The summed E-state index contributed by atoms with van der Waals surface area (Å²) in [5, 5.41) is 0.775. The van der Waals surface area contributed by atoms with Gasteiger partial charge in [0, 0.05) is 24.3 Å². The first kappa shape index (κ1) is 12.9. The van der Waals surface area contributed by atoms with Crippen molar-refractivity contribution in [1.29, 1.82) is 0 Å². The van der Waals surface area contributed by atoms with Gasteiger partial charge in [0.2, 0.25) is 0 Å². The highest BCUT2D eigenvalue weighted by atomic mass is 16.2. The maximum atomic E-state index is 12.2. The summed E-state index contributed by atoms with van der Waals surface area (Å²) in [5.41, 5.74) is 0. The highest BCUT2D eigenvalue weighted by Gasteiger charge is 2.51. The third kappa shape index (κ3) is 1.71. The van der Waals surface area contributed by atoms with Gasteiger partial charge in [-0.3, -0.25) is 33.7 Å². The normalized spacial score (nSPS) is 25.3. The third-order valence-electron chi connectivity index (χ3n) is 3.24. The number of amides is 6. The van der Waals surface area contributed by atoms with E-state index in [1.54, 1.807) is 0 Å². The van der Waals surface area contributed by atoms with Crippen molar-refractivity contribution in [3.8, 4) is 0 Å². The van der Waals surface area contributed by atoms with Crippen molar-refractivity contribution in [2.24, 2.45) is 0 Å². The molecule has 3 rings (SSSR count). The molecule has 0 aromatic heterocycles. The Morgan fingerprint density at radius 3 is 1.71 bits per heavy atom. The van der Waals surface area contributed by atoms with Crippen LogP contribution in [0.5, 0.6) is 0 Å². The number of carbonyl (C=O) groups is 6. The summed E-state index contributed by atoms with van der Waals surface area (Å²) in [7, 11) is 0. The minimum absolute atomic E-state index is 0.383. The molecule has 3 aliphatic heterocycles. The van der Waals surface area contributed by atoms with E-state index in [-0.39, 0.29) is 0 Å². The number of hydrazine groups is 1. The molecule has 1 unspecified atom stereocenters. The summed E-state index contributed by atoms with van der Waals surface area (Å²) in [5.74, 6) is -4.90. The molecule has 21 heavy (non-hydrogen) atoms. The summed E-state index contributed by atoms with van der Waals surface area (Å²) >= 11 is 0. The van der Waals surface area contributed by atoms with Gasteiger partial charge < -0.3 is 0 Å². The standard InChI is InChI=1S/C12H7N3O6/c16-7-1-2-8(17)13(7)6-5-11(20)15(12(6)21)14-9(18)3-4-10(14)19/h1-4,6H,5H2. The Hall–Kier alpha value is -3.10. The van der Waals surface area contributed by atoms with Gasteiger partial charge in [0.25, 0.3) is 35.4 Å². The highest BCUT2D eigenvalue weighted by molar-refractivity contribution is 6.20. The van der Waals surface area contributed by atoms with Gasteiger partial charge in [0.05, 0.1) is 6.42 Å². The average molecular weight is 289 g/mol. The molecule has 0 spiro atoms. The molecular weight excluding hydrogens is 282 g/mol. The van der Waals surface area contributed by atoms with Gasteiger partial charge in [-0.1, -0.05) is 0 Å². The molecule has 3 aliphatic rings. The largest absolute Gasteiger partial charge is 0.273 e. The predicted molar refractivity (Wildman–Crippen MR) is 62.2 cm³/mol. The number of nitrogens with zero attached hydrogens (tertiary/aromatic N) is 3. The molecule has 0 radical (unpaired) electrons. The highest BCUT2D eigenvalue weighted by Crippen LogP contribution is 2.25. The molecule has 0 bridgehead atoms. The molecule has 1 atom stereocenters. The lowest BCUT2D eigenvalue weighted by Gasteiger charge is -2.25. The van der Waals surface area contributed by atoms with Crippen LogP contribution < -0.4 is 0 Å². The fraction of sp³-hybridized carbons (Fsp3) is 0.167. The maximum Gasteiger partial charge on any atom is 0.273 e. The molecule has 1 fully saturated rings. The Labute approximate surface area is 117 Å². The van der Waals surface area contributed by atoms with Crippen LogP contribution in [0.25, 0.3) is 0 Å². The molecule has 3 heterocycles. The summed E-state index contributed by atoms with van der Waals surface area (Å²) < 4.78 is 0. The van der Waals surface area contributed by atoms with E-state index in [9.17, 15) is 28.8 Å². The second-order valence-electron chi connectivity index (χ2n) is 4.47. The molecule has 0 N–H and O–H groups in total. The summed E-state index contributed by atoms with van der Waals surface area (Å²) in [6, 6.07) is -1.34. The molecule has 106 valence electrons. The van der Waals surface area contributed by atoms with Crippen LogP contribution in [0.1, 0.15) is 6.42 Å². The van der Waals surface area contributed by atoms with Crippen LogP contribution in [-0.4, -0.2) is 56.4 Å². The summed E-state index contributed by atoms with van der Waals surface area (Å²) in [6.07, 6.45) is 3.34. The first-order chi connectivity index (χ1) is 9.91. The minimum Gasteiger partial charge on any atom is -0.272 e. The predicted octanol–water partition coefficient (Wildman–Crippen LogP) is -2.12. The molecule has 6 amide bonds. The lowest BCUT2D eigenvalue weighted by atomic mass is 10.2. The Morgan fingerprint density at radius 1 is 0.714 bits per heavy atom. The number of imide groups is 3. The molecule has 9 heteroatoms. The molecule has 9 nitrogen and oxygen atoms in total. The molecule has 0 aromatic carbocycles. The molecule has 1 saturated heterocycles. The fourth-order valence-electron chi connectivity index (χ4n) is 2.32. The van der Waals surface area contributed by atoms with Crippen molar-refractivity contribution < 1.29 is 28.8 Å². The Kier molecular flexibility index (Phi) is 2.58. The van der Waals surface area contributed by atoms with E-state index in [0.717, 1.165) is 24.3 Å². The second kappa shape index (κ2) is 4.20. The summed E-state index contributed by atoms with van der Waals surface area (Å²) in [4.78, 5) is 70.9. The van der Waals surface area contributed by atoms with Gasteiger partial charge in [0.15, 0.2) is 0 Å². The van der Waals surface area contributed by atoms with Gasteiger partial charge in [0.1, 0.15) is 6.04 Å². The smallest absolute Gasteiger partial charge is 0.272 e. The van der Waals surface area contributed by atoms with Crippen molar-refractivity contribution in [3.63, 3.8) is 0 Å². The molecule has 0 saturated carbocycles. The van der Waals surface area contributed by atoms with Gasteiger partial charge in [-0.05, 0) is 0 Å². The topological polar surface area (TPSA) is 112 Å². The maximum absolute atomic E-state index is 12.2. The average Bonchev–Trinajstić information content (AvgIpc) is 3.01. The van der Waals surface area contributed by atoms with Crippen LogP contribution in [0.3, 0.4) is 0 Å². The van der Waals surface area contributed by atoms with Crippen molar-refractivity contribution in [1.82, 2.24) is 14.9 Å². The second-order valence-corrected chi connectivity index (χ2v) is 4.47. The molecule has 0 aromatic rings. The minimum atomic E-state index is -1.34. The fourth-order valence-corrected chi connectivity index (χ4v) is 2.32. The van der Waals surface area contributed by atoms with Crippen molar-refractivity contribution >= 4 is 35.4 Å². The van der Waals surface area contributed by atoms with Gasteiger partial charge >= 0.3 is 0 Å². The molecular formula is C12H7N3O6. The zero-order chi connectivity index (χ0) is 15.3. The van der Waals surface area contributed by atoms with Crippen LogP contribution in [0.4, 0.5) is 0 Å². The lowest BCUT2D eigenvalue weighted by molar-refractivity contribution is -0.171. The van der Waals surface area contributed by atoms with Crippen LogP contribution in [0.15, 0.2) is 24.3 Å². The van der Waals surface area contributed by atoms with E-state index in [2.05, 4.69) is 0 Å². The van der Waals surface area contributed by atoms with Crippen molar-refractivity contribution in [2.75, 3.05) is 0 Å². The summed E-state index contributed by atoms with van der Waals surface area (Å²) in [6.45, 7) is 0. The van der Waals surface area contributed by atoms with Crippen LogP contribution in [0.2, 0.25) is 0 Å². The van der Waals surface area contributed by atoms with Gasteiger partial charge in [-0.25, -0.2) is 0 Å². The third-order valence-corrected chi connectivity index (χ3v) is 3.24. The van der Waals surface area contributed by atoms with Gasteiger partial charge in [-0.15, -0.1) is 0 Å². The van der Waals surface area contributed by atoms with Crippen LogP contribution in [0, 0.1) is 0 Å². The Bertz CT molecular complexity index is 655. The first-order valence-electron chi connectivity index (χ1n) is 5.90. The number of hydrogen-bond donors (Lipinski definition) is 0. The number of carbonyl (C=O) groups excluding carboxylic acids is 6. The van der Waals surface area contributed by atoms with Gasteiger partial charge in [-0.2, -0.15) is 10.0 Å².